The van der Waals surface area contributed by atoms with Crippen molar-refractivity contribution in [2.75, 3.05) is 39.3 Å². The molecule has 15 heteroatoms. The molecule has 2 fully saturated rings. The van der Waals surface area contributed by atoms with E-state index in [1.165, 1.54) is 6.07 Å². The summed E-state index contributed by atoms with van der Waals surface area (Å²) >= 11 is 0. The van der Waals surface area contributed by atoms with Crippen molar-refractivity contribution in [3.05, 3.63) is 138 Å². The minimum absolute atomic E-state index is 0.0768. The van der Waals surface area contributed by atoms with Crippen LogP contribution in [0.1, 0.15) is 11.1 Å². The third-order valence-corrected chi connectivity index (χ3v) is 9.39. The lowest BCUT2D eigenvalue weighted by Gasteiger charge is -2.20. The Labute approximate surface area is 326 Å². The maximum absolute atomic E-state index is 13.9. The molecule has 57 heavy (non-hydrogen) atoms. The van der Waals surface area contributed by atoms with Gasteiger partial charge in [-0.2, -0.15) is 19.0 Å². The van der Waals surface area contributed by atoms with Gasteiger partial charge in [-0.15, -0.1) is 0 Å². The number of hydrogen-bond acceptors (Lipinski definition) is 9. The van der Waals surface area contributed by atoms with Gasteiger partial charge in [0.1, 0.15) is 23.7 Å². The highest BCUT2D eigenvalue weighted by atomic mass is 19.3. The Morgan fingerprint density at radius 1 is 0.667 bits per heavy atom. The van der Waals surface area contributed by atoms with E-state index in [0.717, 1.165) is 28.5 Å². The number of para-hydroxylation sites is 2. The standard InChI is InChI=1S/C21H21F2N3O3.C21H20F2N2O3/c22-21(23)29-20-13-27-12-19(20)28-18-4-2-1-3-16(18)17-9-10-26(25-17)11-14-5-7-15(24)8-6-14;1-26-19-12-27-13-20(19)28-18-8-3-2-6-15(18)17-9-10-25(24-17)11-14-5-4-7-16(22)21(14)23/h1-10,19-21H,11-13,24H2;2-10,19-20H,11-13H2,1H3/t19-,20?;19?,20-/m10/s1. The third kappa shape index (κ3) is 9.99. The van der Waals surface area contributed by atoms with Gasteiger partial charge in [0.2, 0.25) is 0 Å². The van der Waals surface area contributed by atoms with Gasteiger partial charge in [-0.25, -0.2) is 8.78 Å². The summed E-state index contributed by atoms with van der Waals surface area (Å²) in [5.74, 6) is -0.504. The quantitative estimate of drug-likeness (QED) is 0.0956. The minimum atomic E-state index is -2.87. The van der Waals surface area contributed by atoms with Crippen LogP contribution in [-0.2, 0) is 32.0 Å². The maximum atomic E-state index is 13.9. The number of nitrogens with two attached hydrogens (primary N) is 1. The molecule has 2 N–H and O–H groups in total. The van der Waals surface area contributed by atoms with Crippen LogP contribution < -0.4 is 15.2 Å². The van der Waals surface area contributed by atoms with E-state index in [4.69, 9.17) is 29.4 Å². The zero-order valence-corrected chi connectivity index (χ0v) is 30.9. The predicted molar refractivity (Wildman–Crippen MR) is 203 cm³/mol. The van der Waals surface area contributed by atoms with Gasteiger partial charge in [-0.1, -0.05) is 48.5 Å². The molecular formula is C42H41F4N5O6. The van der Waals surface area contributed by atoms with Crippen LogP contribution in [0.15, 0.2) is 116 Å². The molecule has 0 aliphatic carbocycles. The molecular weight excluding hydrogens is 746 g/mol. The topological polar surface area (TPSA) is 117 Å². The molecule has 2 aromatic heterocycles. The first kappa shape index (κ1) is 39.5. The van der Waals surface area contributed by atoms with Gasteiger partial charge in [0.05, 0.1) is 50.9 Å². The van der Waals surface area contributed by atoms with Crippen LogP contribution >= 0.6 is 0 Å². The molecule has 11 nitrogen and oxygen atoms in total. The molecule has 4 aromatic carbocycles. The van der Waals surface area contributed by atoms with E-state index in [-0.39, 0.29) is 37.5 Å². The number of alkyl halides is 2. The summed E-state index contributed by atoms with van der Waals surface area (Å²) in [6.07, 6.45) is 1.86. The highest BCUT2D eigenvalue weighted by Crippen LogP contribution is 2.32. The Morgan fingerprint density at radius 2 is 1.21 bits per heavy atom. The van der Waals surface area contributed by atoms with Gasteiger partial charge in [-0.05, 0) is 60.2 Å². The van der Waals surface area contributed by atoms with E-state index in [1.54, 1.807) is 30.1 Å². The highest BCUT2D eigenvalue weighted by Gasteiger charge is 2.34. The maximum Gasteiger partial charge on any atom is 0.345 e. The molecule has 0 radical (unpaired) electrons. The van der Waals surface area contributed by atoms with Crippen LogP contribution in [0.5, 0.6) is 11.5 Å². The molecule has 2 saturated heterocycles. The third-order valence-electron chi connectivity index (χ3n) is 9.39. The summed E-state index contributed by atoms with van der Waals surface area (Å²) in [5, 5.41) is 9.13. The second kappa shape index (κ2) is 18.5. The van der Waals surface area contributed by atoms with Crippen molar-refractivity contribution in [1.82, 2.24) is 19.6 Å². The van der Waals surface area contributed by atoms with Crippen molar-refractivity contribution in [3.63, 3.8) is 0 Å². The van der Waals surface area contributed by atoms with Crippen molar-refractivity contribution >= 4 is 5.69 Å². The lowest BCUT2D eigenvalue weighted by Crippen LogP contribution is -2.34. The number of methoxy groups -OCH3 is 1. The number of rotatable bonds is 13. The molecule has 6 aromatic rings. The molecule has 0 bridgehead atoms. The molecule has 4 atom stereocenters. The normalized spacial score (nSPS) is 19.1. The largest absolute Gasteiger partial charge is 0.484 e. The molecule has 298 valence electrons. The summed E-state index contributed by atoms with van der Waals surface area (Å²) in [5.41, 5.74) is 10.7. The number of nitrogen functional groups attached to an aromatic ring is 1. The molecule has 0 spiro atoms. The fourth-order valence-corrected chi connectivity index (χ4v) is 6.46. The zero-order valence-electron chi connectivity index (χ0n) is 30.9. The summed E-state index contributed by atoms with van der Waals surface area (Å²) in [6, 6.07) is 30.4. The molecule has 2 aliphatic rings. The Hall–Kier alpha value is -5.74. The van der Waals surface area contributed by atoms with Gasteiger partial charge in [0.25, 0.3) is 0 Å². The van der Waals surface area contributed by atoms with Crippen LogP contribution in [0.3, 0.4) is 0 Å². The predicted octanol–water partition coefficient (Wildman–Crippen LogP) is 7.24. The molecule has 2 unspecified atom stereocenters. The Bertz CT molecular complexity index is 2220. The van der Waals surface area contributed by atoms with E-state index >= 15 is 0 Å². The fourth-order valence-electron chi connectivity index (χ4n) is 6.46. The Morgan fingerprint density at radius 3 is 1.81 bits per heavy atom. The molecule has 0 amide bonds. The van der Waals surface area contributed by atoms with Crippen molar-refractivity contribution in [2.24, 2.45) is 0 Å². The smallest absolute Gasteiger partial charge is 0.345 e. The summed E-state index contributed by atoms with van der Waals surface area (Å²) in [7, 11) is 1.63. The van der Waals surface area contributed by atoms with Crippen LogP contribution in [0, 0.1) is 11.6 Å². The van der Waals surface area contributed by atoms with Gasteiger partial charge in [0.15, 0.2) is 23.8 Å². The van der Waals surface area contributed by atoms with Crippen LogP contribution in [0.2, 0.25) is 0 Å². The van der Waals surface area contributed by atoms with Gasteiger partial charge < -0.3 is 34.2 Å². The average molecular weight is 788 g/mol. The number of nitrogens with zero attached hydrogens (tertiary/aromatic N) is 4. The lowest BCUT2D eigenvalue weighted by molar-refractivity contribution is -0.175. The molecule has 2 aliphatic heterocycles. The summed E-state index contributed by atoms with van der Waals surface area (Å²) < 4.78 is 88.7. The average Bonchev–Trinajstić information content (AvgIpc) is 4.05. The van der Waals surface area contributed by atoms with E-state index < -0.39 is 30.5 Å². The van der Waals surface area contributed by atoms with Crippen molar-refractivity contribution in [2.45, 2.75) is 44.1 Å². The highest BCUT2D eigenvalue weighted by molar-refractivity contribution is 5.67. The number of anilines is 1. The first-order valence-electron chi connectivity index (χ1n) is 18.2. The molecule has 4 heterocycles. The van der Waals surface area contributed by atoms with E-state index in [0.29, 0.717) is 42.6 Å². The van der Waals surface area contributed by atoms with Crippen LogP contribution in [-0.4, -0.2) is 84.1 Å². The van der Waals surface area contributed by atoms with Crippen LogP contribution in [0.25, 0.3) is 22.5 Å². The van der Waals surface area contributed by atoms with Crippen molar-refractivity contribution in [3.8, 4) is 34.0 Å². The first-order valence-corrected chi connectivity index (χ1v) is 18.2. The zero-order chi connectivity index (χ0) is 39.7. The molecule has 8 rings (SSSR count). The summed E-state index contributed by atoms with van der Waals surface area (Å²) in [6.45, 7) is -0.909. The van der Waals surface area contributed by atoms with Crippen LogP contribution in [0.4, 0.5) is 23.2 Å². The number of benzene rings is 4. The first-order chi connectivity index (χ1) is 27.7. The Kier molecular flexibility index (Phi) is 12.8. The number of ether oxygens (including phenoxy) is 6. The number of hydrogen-bond donors (Lipinski definition) is 1. The van der Waals surface area contributed by atoms with Gasteiger partial charge >= 0.3 is 6.61 Å². The number of aromatic nitrogens is 4. The van der Waals surface area contributed by atoms with Crippen molar-refractivity contribution < 1.29 is 46.0 Å². The minimum Gasteiger partial charge on any atom is -0.484 e. The second-order valence-electron chi connectivity index (χ2n) is 13.3. The number of halogens is 4. The van der Waals surface area contributed by atoms with Gasteiger partial charge in [-0.3, -0.25) is 9.36 Å². The lowest BCUT2D eigenvalue weighted by atomic mass is 10.1. The van der Waals surface area contributed by atoms with Crippen molar-refractivity contribution in [1.29, 1.82) is 0 Å². The SMILES string of the molecule is COC1COC[C@@H]1Oc1ccccc1-c1ccn(Cc2cccc(F)c2F)n1.Nc1ccc(Cn2ccc(-c3ccccc3O[C@@H]3COCC3OC(F)F)n2)cc1. The van der Waals surface area contributed by atoms with E-state index in [9.17, 15) is 17.6 Å². The van der Waals surface area contributed by atoms with E-state index in [1.807, 2.05) is 89.7 Å². The second-order valence-corrected chi connectivity index (χ2v) is 13.3. The van der Waals surface area contributed by atoms with E-state index in [2.05, 4.69) is 14.9 Å². The van der Waals surface area contributed by atoms with Gasteiger partial charge in [0, 0.05) is 41.9 Å². The molecule has 0 saturated carbocycles. The monoisotopic (exact) mass is 787 g/mol. The fraction of sp³-hybridized carbons (Fsp3) is 0.286. The Balaban J connectivity index is 0.000000174. The summed E-state index contributed by atoms with van der Waals surface area (Å²) in [4.78, 5) is 0.